The first-order valence-electron chi connectivity index (χ1n) is 8.84. The number of aromatic nitrogens is 3. The number of carbonyl (C=O) groups is 1. The average molecular weight is 356 g/mol. The third kappa shape index (κ3) is 3.56. The van der Waals surface area contributed by atoms with Gasteiger partial charge in [0, 0.05) is 5.70 Å². The van der Waals surface area contributed by atoms with Crippen LogP contribution in [0.2, 0.25) is 0 Å². The standard InChI is InChI=1S/C19H24N4O3/c1-4-5-6-11-26-18(24)16-13(2)22-19-20-12-21-23(19)17(16)14-7-9-15(25-3)10-8-14/h7-10,12,17H,4-6,11H2,1-3H3,(H,20,21,22)/t17-/m1/s1. The van der Waals surface area contributed by atoms with Gasteiger partial charge in [-0.2, -0.15) is 10.1 Å². The Hall–Kier alpha value is -2.83. The van der Waals surface area contributed by atoms with E-state index in [0.29, 0.717) is 18.1 Å². The summed E-state index contributed by atoms with van der Waals surface area (Å²) in [7, 11) is 1.62. The molecular weight excluding hydrogens is 332 g/mol. The summed E-state index contributed by atoms with van der Waals surface area (Å²) < 4.78 is 12.5. The molecule has 7 nitrogen and oxygen atoms in total. The van der Waals surface area contributed by atoms with Crippen LogP contribution < -0.4 is 10.1 Å². The highest BCUT2D eigenvalue weighted by Gasteiger charge is 2.34. The Kier molecular flexibility index (Phi) is 5.55. The number of methoxy groups -OCH3 is 1. The van der Waals surface area contributed by atoms with Crippen LogP contribution in [-0.4, -0.2) is 34.5 Å². The molecule has 0 saturated heterocycles. The molecule has 2 heterocycles. The van der Waals surface area contributed by atoms with E-state index in [1.165, 1.54) is 6.33 Å². The van der Waals surface area contributed by atoms with Crippen LogP contribution in [-0.2, 0) is 9.53 Å². The van der Waals surface area contributed by atoms with Gasteiger partial charge in [0.25, 0.3) is 0 Å². The number of nitrogens with one attached hydrogen (secondary N) is 1. The largest absolute Gasteiger partial charge is 0.497 e. The fraction of sp³-hybridized carbons (Fsp3) is 0.421. The molecule has 26 heavy (non-hydrogen) atoms. The fourth-order valence-electron chi connectivity index (χ4n) is 3.04. The maximum absolute atomic E-state index is 12.8. The van der Waals surface area contributed by atoms with Gasteiger partial charge < -0.3 is 14.8 Å². The smallest absolute Gasteiger partial charge is 0.338 e. The molecule has 0 fully saturated rings. The molecule has 3 rings (SSSR count). The molecule has 7 heteroatoms. The van der Waals surface area contributed by atoms with Crippen LogP contribution in [0.25, 0.3) is 0 Å². The highest BCUT2D eigenvalue weighted by atomic mass is 16.5. The van der Waals surface area contributed by atoms with Gasteiger partial charge in [0.2, 0.25) is 5.95 Å². The molecule has 0 aliphatic carbocycles. The quantitative estimate of drug-likeness (QED) is 0.606. The summed E-state index contributed by atoms with van der Waals surface area (Å²) in [4.78, 5) is 17.0. The molecule has 0 bridgehead atoms. The van der Waals surface area contributed by atoms with E-state index in [2.05, 4.69) is 22.3 Å². The van der Waals surface area contributed by atoms with Gasteiger partial charge in [-0.05, 0) is 31.0 Å². The first-order valence-corrected chi connectivity index (χ1v) is 8.84. The molecule has 0 amide bonds. The van der Waals surface area contributed by atoms with Crippen molar-refractivity contribution in [2.24, 2.45) is 0 Å². The minimum Gasteiger partial charge on any atom is -0.497 e. The van der Waals surface area contributed by atoms with E-state index >= 15 is 0 Å². The third-order valence-electron chi connectivity index (χ3n) is 4.43. The Balaban J connectivity index is 1.92. The van der Waals surface area contributed by atoms with Gasteiger partial charge in [-0.3, -0.25) is 0 Å². The first kappa shape index (κ1) is 18.0. The van der Waals surface area contributed by atoms with Crippen molar-refractivity contribution < 1.29 is 14.3 Å². The molecule has 1 N–H and O–H groups in total. The molecule has 0 spiro atoms. The van der Waals surface area contributed by atoms with Gasteiger partial charge in [-0.25, -0.2) is 9.48 Å². The highest BCUT2D eigenvalue weighted by Crippen LogP contribution is 2.35. The number of unbranched alkanes of at least 4 members (excludes halogenated alkanes) is 2. The number of anilines is 1. The van der Waals surface area contributed by atoms with Crippen LogP contribution in [0.5, 0.6) is 5.75 Å². The molecule has 0 saturated carbocycles. The molecule has 0 radical (unpaired) electrons. The van der Waals surface area contributed by atoms with E-state index in [1.54, 1.807) is 11.8 Å². The molecule has 2 aromatic rings. The lowest BCUT2D eigenvalue weighted by molar-refractivity contribution is -0.139. The van der Waals surface area contributed by atoms with E-state index < -0.39 is 6.04 Å². The number of rotatable bonds is 7. The number of benzene rings is 1. The number of allylic oxidation sites excluding steroid dienone is 1. The van der Waals surface area contributed by atoms with Crippen LogP contribution in [0.4, 0.5) is 5.95 Å². The van der Waals surface area contributed by atoms with Gasteiger partial charge in [-0.1, -0.05) is 31.9 Å². The number of ether oxygens (including phenoxy) is 2. The summed E-state index contributed by atoms with van der Waals surface area (Å²) in [6, 6.07) is 7.20. The third-order valence-corrected chi connectivity index (χ3v) is 4.43. The predicted octanol–water partition coefficient (Wildman–Crippen LogP) is 3.31. The van der Waals surface area contributed by atoms with E-state index in [4.69, 9.17) is 9.47 Å². The second-order valence-electron chi connectivity index (χ2n) is 6.21. The van der Waals surface area contributed by atoms with Crippen molar-refractivity contribution in [2.75, 3.05) is 19.0 Å². The summed E-state index contributed by atoms with van der Waals surface area (Å²) in [5.74, 6) is 1.03. The van der Waals surface area contributed by atoms with Gasteiger partial charge >= 0.3 is 5.97 Å². The number of carbonyl (C=O) groups excluding carboxylic acids is 1. The lowest BCUT2D eigenvalue weighted by Crippen LogP contribution is -2.29. The van der Waals surface area contributed by atoms with E-state index in [-0.39, 0.29) is 5.97 Å². The average Bonchev–Trinajstić information content (AvgIpc) is 3.12. The molecule has 1 atom stereocenters. The summed E-state index contributed by atoms with van der Waals surface area (Å²) in [6.45, 7) is 4.39. The van der Waals surface area contributed by atoms with Crippen molar-refractivity contribution in [1.29, 1.82) is 0 Å². The zero-order valence-electron chi connectivity index (χ0n) is 15.4. The highest BCUT2D eigenvalue weighted by molar-refractivity contribution is 5.92. The molecule has 138 valence electrons. The monoisotopic (exact) mass is 356 g/mol. The minimum atomic E-state index is -0.390. The van der Waals surface area contributed by atoms with Crippen molar-refractivity contribution in [1.82, 2.24) is 14.8 Å². The normalized spacial score (nSPS) is 16.0. The molecule has 0 unspecified atom stereocenters. The van der Waals surface area contributed by atoms with E-state index in [0.717, 1.165) is 36.3 Å². The summed E-state index contributed by atoms with van der Waals surface area (Å²) in [5, 5.41) is 7.44. The van der Waals surface area contributed by atoms with Crippen molar-refractivity contribution in [3.8, 4) is 5.75 Å². The van der Waals surface area contributed by atoms with Gasteiger partial charge in [0.1, 0.15) is 18.1 Å². The molecule has 1 aliphatic heterocycles. The maximum atomic E-state index is 12.8. The fourth-order valence-corrected chi connectivity index (χ4v) is 3.04. The Bertz CT molecular complexity index is 795. The summed E-state index contributed by atoms with van der Waals surface area (Å²) in [6.07, 6.45) is 4.46. The second kappa shape index (κ2) is 8.03. The maximum Gasteiger partial charge on any atom is 0.338 e. The minimum absolute atomic E-state index is 0.326. The predicted molar refractivity (Wildman–Crippen MR) is 98.0 cm³/mol. The SMILES string of the molecule is CCCCCOC(=O)C1=C(C)Nc2ncnn2[C@@H]1c1ccc(OC)cc1. The Morgan fingerprint density at radius 1 is 1.27 bits per heavy atom. The second-order valence-corrected chi connectivity index (χ2v) is 6.21. The number of hydrogen-bond donors (Lipinski definition) is 1. The van der Waals surface area contributed by atoms with Crippen molar-refractivity contribution >= 4 is 11.9 Å². The molecule has 1 aliphatic rings. The lowest BCUT2D eigenvalue weighted by Gasteiger charge is -2.28. The first-order chi connectivity index (χ1) is 12.7. The zero-order chi connectivity index (χ0) is 18.5. The van der Waals surface area contributed by atoms with Crippen molar-refractivity contribution in [3.63, 3.8) is 0 Å². The summed E-state index contributed by atoms with van der Waals surface area (Å²) >= 11 is 0. The summed E-state index contributed by atoms with van der Waals surface area (Å²) in [5.41, 5.74) is 2.19. The Labute approximate surface area is 153 Å². The zero-order valence-corrected chi connectivity index (χ0v) is 15.4. The van der Waals surface area contributed by atoms with E-state index in [1.807, 2.05) is 31.2 Å². The number of nitrogens with zero attached hydrogens (tertiary/aromatic N) is 3. The van der Waals surface area contributed by atoms with Crippen LogP contribution in [0.15, 0.2) is 41.9 Å². The Morgan fingerprint density at radius 2 is 2.04 bits per heavy atom. The number of hydrogen-bond acceptors (Lipinski definition) is 6. The number of fused-ring (bicyclic) bond motifs is 1. The van der Waals surface area contributed by atoms with Crippen LogP contribution >= 0.6 is 0 Å². The van der Waals surface area contributed by atoms with Gasteiger partial charge in [-0.15, -0.1) is 0 Å². The molecule has 1 aromatic carbocycles. The topological polar surface area (TPSA) is 78.3 Å². The Morgan fingerprint density at radius 3 is 2.73 bits per heavy atom. The van der Waals surface area contributed by atoms with E-state index in [9.17, 15) is 4.79 Å². The van der Waals surface area contributed by atoms with Crippen molar-refractivity contribution in [2.45, 2.75) is 39.2 Å². The van der Waals surface area contributed by atoms with Gasteiger partial charge in [0.05, 0.1) is 19.3 Å². The van der Waals surface area contributed by atoms with Crippen molar-refractivity contribution in [3.05, 3.63) is 47.4 Å². The van der Waals surface area contributed by atoms with Crippen LogP contribution in [0, 0.1) is 0 Å². The molecular formula is C19H24N4O3. The van der Waals surface area contributed by atoms with Crippen LogP contribution in [0.1, 0.15) is 44.7 Å². The lowest BCUT2D eigenvalue weighted by atomic mass is 9.96. The van der Waals surface area contributed by atoms with Gasteiger partial charge in [0.15, 0.2) is 0 Å². The number of esters is 1. The molecule has 1 aromatic heterocycles. The van der Waals surface area contributed by atoms with Crippen LogP contribution in [0.3, 0.4) is 0 Å².